The Bertz CT molecular complexity index is 534. The number of hydrogen-bond acceptors (Lipinski definition) is 3. The van der Waals surface area contributed by atoms with E-state index in [1.807, 2.05) is 0 Å². The molecule has 0 bridgehead atoms. The highest BCUT2D eigenvalue weighted by molar-refractivity contribution is 5.82. The zero-order chi connectivity index (χ0) is 10.5. The fourth-order valence-corrected chi connectivity index (χ4v) is 1.80. The van der Waals surface area contributed by atoms with E-state index in [0.29, 0.717) is 5.52 Å². The summed E-state index contributed by atoms with van der Waals surface area (Å²) >= 11 is 0. The molecule has 1 heterocycles. The Hall–Kier alpha value is -1.55. The molecule has 1 aliphatic rings. The fraction of sp³-hybridized carbons (Fsp3) is 0.273. The van der Waals surface area contributed by atoms with Gasteiger partial charge >= 0.3 is 0 Å². The standard InChI is InChI=1S/C11H10FN3/c12-7-1-2-8-9(5-7)14-6-15-10(8)11(13)3-4-11/h1-2,5-6H,3-4,13H2. The van der Waals surface area contributed by atoms with Crippen molar-refractivity contribution >= 4 is 10.9 Å². The smallest absolute Gasteiger partial charge is 0.125 e. The first-order valence-corrected chi connectivity index (χ1v) is 4.89. The maximum absolute atomic E-state index is 13.0. The molecule has 76 valence electrons. The second-order valence-corrected chi connectivity index (χ2v) is 4.04. The third-order valence-electron chi connectivity index (χ3n) is 2.86. The van der Waals surface area contributed by atoms with Gasteiger partial charge in [-0.2, -0.15) is 0 Å². The minimum atomic E-state index is -0.307. The van der Waals surface area contributed by atoms with E-state index in [1.54, 1.807) is 6.07 Å². The van der Waals surface area contributed by atoms with Crippen molar-refractivity contribution in [3.63, 3.8) is 0 Å². The average Bonchev–Trinajstić information content (AvgIpc) is 2.96. The van der Waals surface area contributed by atoms with Crippen molar-refractivity contribution in [1.29, 1.82) is 0 Å². The number of nitrogens with two attached hydrogens (primary N) is 1. The van der Waals surface area contributed by atoms with Crippen molar-refractivity contribution in [1.82, 2.24) is 9.97 Å². The molecule has 0 radical (unpaired) electrons. The summed E-state index contributed by atoms with van der Waals surface area (Å²) < 4.78 is 13.0. The molecule has 0 aliphatic heterocycles. The lowest BCUT2D eigenvalue weighted by Gasteiger charge is -2.10. The van der Waals surface area contributed by atoms with Gasteiger partial charge in [0.15, 0.2) is 0 Å². The Morgan fingerprint density at radius 3 is 2.80 bits per heavy atom. The van der Waals surface area contributed by atoms with E-state index < -0.39 is 0 Å². The highest BCUT2D eigenvalue weighted by Gasteiger charge is 2.42. The topological polar surface area (TPSA) is 51.8 Å². The van der Waals surface area contributed by atoms with Crippen LogP contribution in [-0.2, 0) is 5.54 Å². The predicted octanol–water partition coefficient (Wildman–Crippen LogP) is 1.72. The van der Waals surface area contributed by atoms with Crippen molar-refractivity contribution in [2.75, 3.05) is 0 Å². The maximum atomic E-state index is 13.0. The molecule has 1 fully saturated rings. The van der Waals surface area contributed by atoms with Crippen LogP contribution in [0.5, 0.6) is 0 Å². The summed E-state index contributed by atoms with van der Waals surface area (Å²) in [7, 11) is 0. The predicted molar refractivity (Wildman–Crippen MR) is 54.6 cm³/mol. The van der Waals surface area contributed by atoms with Crippen molar-refractivity contribution in [3.8, 4) is 0 Å². The van der Waals surface area contributed by atoms with E-state index in [4.69, 9.17) is 5.73 Å². The minimum absolute atomic E-state index is 0.283. The third kappa shape index (κ3) is 1.29. The van der Waals surface area contributed by atoms with E-state index in [-0.39, 0.29) is 11.4 Å². The third-order valence-corrected chi connectivity index (χ3v) is 2.86. The molecule has 0 amide bonds. The van der Waals surface area contributed by atoms with E-state index in [9.17, 15) is 4.39 Å². The summed E-state index contributed by atoms with van der Waals surface area (Å²) in [5, 5.41) is 0.860. The highest BCUT2D eigenvalue weighted by atomic mass is 19.1. The molecule has 2 N–H and O–H groups in total. The molecule has 3 rings (SSSR count). The Morgan fingerprint density at radius 1 is 1.27 bits per heavy atom. The van der Waals surface area contributed by atoms with Gasteiger partial charge in [-0.25, -0.2) is 14.4 Å². The van der Waals surface area contributed by atoms with Crippen LogP contribution in [0.15, 0.2) is 24.5 Å². The van der Waals surface area contributed by atoms with Gasteiger partial charge in [0.05, 0.1) is 16.7 Å². The number of fused-ring (bicyclic) bond motifs is 1. The highest BCUT2D eigenvalue weighted by Crippen LogP contribution is 2.43. The number of rotatable bonds is 1. The van der Waals surface area contributed by atoms with Gasteiger partial charge in [0.25, 0.3) is 0 Å². The lowest BCUT2D eigenvalue weighted by atomic mass is 10.1. The molecule has 0 atom stereocenters. The fourth-order valence-electron chi connectivity index (χ4n) is 1.80. The van der Waals surface area contributed by atoms with E-state index >= 15 is 0 Å². The van der Waals surface area contributed by atoms with Crippen molar-refractivity contribution in [3.05, 3.63) is 36.0 Å². The molecule has 15 heavy (non-hydrogen) atoms. The van der Waals surface area contributed by atoms with Crippen LogP contribution in [0.1, 0.15) is 18.5 Å². The Morgan fingerprint density at radius 2 is 2.07 bits per heavy atom. The van der Waals surface area contributed by atoms with E-state index in [1.165, 1.54) is 18.5 Å². The Kier molecular flexibility index (Phi) is 1.59. The minimum Gasteiger partial charge on any atom is -0.320 e. The van der Waals surface area contributed by atoms with E-state index in [2.05, 4.69) is 9.97 Å². The number of benzene rings is 1. The van der Waals surface area contributed by atoms with Gasteiger partial charge in [-0.3, -0.25) is 0 Å². The van der Waals surface area contributed by atoms with Gasteiger partial charge in [0.1, 0.15) is 12.1 Å². The molecule has 4 heteroatoms. The van der Waals surface area contributed by atoms with Crippen LogP contribution in [0.25, 0.3) is 10.9 Å². The first-order valence-electron chi connectivity index (χ1n) is 4.89. The summed E-state index contributed by atoms with van der Waals surface area (Å²) in [6, 6.07) is 4.53. The summed E-state index contributed by atoms with van der Waals surface area (Å²) in [5.74, 6) is -0.283. The van der Waals surface area contributed by atoms with E-state index in [0.717, 1.165) is 23.9 Å². The van der Waals surface area contributed by atoms with Gasteiger partial charge in [-0.15, -0.1) is 0 Å². The largest absolute Gasteiger partial charge is 0.320 e. The summed E-state index contributed by atoms with van der Waals surface area (Å²) in [4.78, 5) is 8.25. The Balaban J connectivity index is 2.31. The van der Waals surface area contributed by atoms with Crippen molar-refractivity contribution in [2.45, 2.75) is 18.4 Å². The van der Waals surface area contributed by atoms with Crippen molar-refractivity contribution in [2.24, 2.45) is 5.73 Å². The first kappa shape index (κ1) is 8.73. The summed E-state index contributed by atoms with van der Waals surface area (Å²) in [5.41, 5.74) is 7.24. The lowest BCUT2D eigenvalue weighted by Crippen LogP contribution is -2.20. The molecule has 1 aliphatic carbocycles. The van der Waals surface area contributed by atoms with Crippen molar-refractivity contribution < 1.29 is 4.39 Å². The van der Waals surface area contributed by atoms with Gasteiger partial charge in [0.2, 0.25) is 0 Å². The number of halogens is 1. The normalized spacial score (nSPS) is 18.0. The molecular formula is C11H10FN3. The molecule has 2 aromatic rings. The quantitative estimate of drug-likeness (QED) is 0.767. The zero-order valence-corrected chi connectivity index (χ0v) is 8.07. The van der Waals surface area contributed by atoms with Crippen LogP contribution in [-0.4, -0.2) is 9.97 Å². The molecule has 3 nitrogen and oxygen atoms in total. The second-order valence-electron chi connectivity index (χ2n) is 4.04. The molecular weight excluding hydrogens is 193 g/mol. The molecule has 0 spiro atoms. The number of aromatic nitrogens is 2. The molecule has 1 aromatic heterocycles. The number of hydrogen-bond donors (Lipinski definition) is 1. The van der Waals surface area contributed by atoms with Gasteiger partial charge < -0.3 is 5.73 Å². The van der Waals surface area contributed by atoms with Crippen LogP contribution in [0.2, 0.25) is 0 Å². The monoisotopic (exact) mass is 203 g/mol. The van der Waals surface area contributed by atoms with Crippen LogP contribution >= 0.6 is 0 Å². The summed E-state index contributed by atoms with van der Waals surface area (Å²) in [6.07, 6.45) is 3.33. The van der Waals surface area contributed by atoms with Crippen LogP contribution in [0.4, 0.5) is 4.39 Å². The first-order chi connectivity index (χ1) is 7.19. The SMILES string of the molecule is NC1(c2ncnc3cc(F)ccc23)CC1. The second kappa shape index (κ2) is 2.73. The van der Waals surface area contributed by atoms with Crippen LogP contribution < -0.4 is 5.73 Å². The number of nitrogens with zero attached hydrogens (tertiary/aromatic N) is 2. The average molecular weight is 203 g/mol. The van der Waals surface area contributed by atoms with Gasteiger partial charge in [0, 0.05) is 11.5 Å². The maximum Gasteiger partial charge on any atom is 0.125 e. The molecule has 0 unspecified atom stereocenters. The Labute approximate surface area is 86.1 Å². The molecule has 0 saturated heterocycles. The summed E-state index contributed by atoms with van der Waals surface area (Å²) in [6.45, 7) is 0. The van der Waals surface area contributed by atoms with Gasteiger partial charge in [-0.05, 0) is 25.0 Å². The zero-order valence-electron chi connectivity index (χ0n) is 8.07. The molecule has 1 aromatic carbocycles. The van der Waals surface area contributed by atoms with Gasteiger partial charge in [-0.1, -0.05) is 0 Å². The molecule has 1 saturated carbocycles. The van der Waals surface area contributed by atoms with Crippen LogP contribution in [0.3, 0.4) is 0 Å². The lowest BCUT2D eigenvalue weighted by molar-refractivity contribution is 0.629. The van der Waals surface area contributed by atoms with Crippen LogP contribution in [0, 0.1) is 5.82 Å².